The monoisotopic (exact) mass is 384 g/mol. The molecule has 0 bridgehead atoms. The van der Waals surface area contributed by atoms with Gasteiger partial charge in [0.15, 0.2) is 5.70 Å². The number of nitrogens with zero attached hydrogens (tertiary/aromatic N) is 4. The molecule has 4 heterocycles. The van der Waals surface area contributed by atoms with E-state index in [1.807, 2.05) is 60.9 Å². The maximum absolute atomic E-state index is 16.0. The number of rotatable bonds is 3. The van der Waals surface area contributed by atoms with Gasteiger partial charge in [-0.15, -0.1) is 0 Å². The number of aryl methyl sites for hydroxylation is 1. The number of aromatic nitrogens is 3. The van der Waals surface area contributed by atoms with E-state index in [0.29, 0.717) is 22.8 Å². The van der Waals surface area contributed by atoms with Gasteiger partial charge in [-0.25, -0.2) is 0 Å². The van der Waals surface area contributed by atoms with Crippen molar-refractivity contribution in [1.29, 1.82) is 0 Å². The van der Waals surface area contributed by atoms with Crippen LogP contribution in [0.5, 0.6) is 0 Å². The minimum Gasteiger partial charge on any atom is -0.393 e. The Kier molecular flexibility index (Phi) is 4.07. The molecule has 0 fully saturated rings. The first-order chi connectivity index (χ1) is 13.2. The van der Waals surface area contributed by atoms with Crippen molar-refractivity contribution in [3.05, 3.63) is 57.3 Å². The minimum absolute atomic E-state index is 0.619. The third-order valence-electron chi connectivity index (χ3n) is 6.47. The molecule has 0 radical (unpaired) electrons. The molecule has 0 N–H and O–H groups in total. The van der Waals surface area contributed by atoms with Gasteiger partial charge in [0.1, 0.15) is 11.4 Å². The van der Waals surface area contributed by atoms with E-state index in [9.17, 15) is 0 Å². The molecule has 4 nitrogen and oxygen atoms in total. The molecule has 0 saturated heterocycles. The highest BCUT2D eigenvalue weighted by molar-refractivity contribution is 6.58. The van der Waals surface area contributed by atoms with Gasteiger partial charge in [0, 0.05) is 37.0 Å². The van der Waals surface area contributed by atoms with E-state index in [1.54, 1.807) is 4.68 Å². The van der Waals surface area contributed by atoms with Gasteiger partial charge in [-0.3, -0.25) is 4.68 Å². The molecule has 28 heavy (non-hydrogen) atoms. The number of hydrogen-bond donors (Lipinski definition) is 0. The number of hydrogen-bond acceptors (Lipinski definition) is 1. The van der Waals surface area contributed by atoms with E-state index in [-0.39, 0.29) is 0 Å². The Hall–Kier alpha value is -2.44. The predicted octanol–water partition coefficient (Wildman–Crippen LogP) is 4.61. The largest absolute Gasteiger partial charge is 0.737 e. The zero-order valence-corrected chi connectivity index (χ0v) is 17.7. The molecule has 7 heteroatoms. The molecule has 148 valence electrons. The third-order valence-corrected chi connectivity index (χ3v) is 6.47. The van der Waals surface area contributed by atoms with Crippen LogP contribution >= 0.6 is 0 Å². The Morgan fingerprint density at radius 2 is 1.79 bits per heavy atom. The van der Waals surface area contributed by atoms with Gasteiger partial charge in [0.2, 0.25) is 0 Å². The fraction of sp³-hybridized carbons (Fsp3) is 0.429. The summed E-state index contributed by atoms with van der Waals surface area (Å²) in [5.74, 6) is 0. The summed E-state index contributed by atoms with van der Waals surface area (Å²) in [7, 11) is 1.86. The molecule has 0 unspecified atom stereocenters. The predicted molar refractivity (Wildman–Crippen MR) is 110 cm³/mol. The van der Waals surface area contributed by atoms with Gasteiger partial charge in [-0.05, 0) is 56.5 Å². The molecule has 2 aliphatic rings. The fourth-order valence-corrected chi connectivity index (χ4v) is 5.27. The van der Waals surface area contributed by atoms with Crippen LogP contribution in [0.3, 0.4) is 0 Å². The molecule has 4 rings (SSSR count). The van der Waals surface area contributed by atoms with E-state index in [1.165, 1.54) is 8.96 Å². The van der Waals surface area contributed by atoms with Crippen molar-refractivity contribution in [3.63, 3.8) is 0 Å². The van der Waals surface area contributed by atoms with Crippen LogP contribution in [0.1, 0.15) is 62.3 Å². The van der Waals surface area contributed by atoms with Crippen LogP contribution in [-0.2, 0) is 13.5 Å². The first kappa shape index (κ1) is 18.9. The Morgan fingerprint density at radius 3 is 2.32 bits per heavy atom. The van der Waals surface area contributed by atoms with Crippen LogP contribution in [0.2, 0.25) is 0 Å². The van der Waals surface area contributed by atoms with Gasteiger partial charge < -0.3 is 17.6 Å². The first-order valence-corrected chi connectivity index (χ1v) is 9.97. The van der Waals surface area contributed by atoms with E-state index < -0.39 is 6.97 Å². The highest BCUT2D eigenvalue weighted by Gasteiger charge is 2.57. The standard InChI is InChI=1S/C21H27BF2N4/c1-8-16-12(3)20-19(18-10-11-26(7)25-18)21-13(4)17(9-2)15(6)28(21)22(23,24)27(20)14(16)5/h10-11H,8-9H2,1-7H3. The highest BCUT2D eigenvalue weighted by atomic mass is 19.2. The van der Waals surface area contributed by atoms with Crippen molar-refractivity contribution in [1.82, 2.24) is 14.3 Å². The normalized spacial score (nSPS) is 18.3. The Bertz CT molecular complexity index is 1110. The van der Waals surface area contributed by atoms with Gasteiger partial charge >= 0.3 is 6.97 Å². The molecule has 0 aromatic carbocycles. The summed E-state index contributed by atoms with van der Waals surface area (Å²) in [5, 5.41) is 4.61. The van der Waals surface area contributed by atoms with Gasteiger partial charge in [-0.1, -0.05) is 13.8 Å². The van der Waals surface area contributed by atoms with E-state index in [0.717, 1.165) is 46.4 Å². The fourth-order valence-electron chi connectivity index (χ4n) is 5.27. The molecule has 0 aliphatic carbocycles. The summed E-state index contributed by atoms with van der Waals surface area (Å²) in [6.45, 7) is 7.65. The lowest BCUT2D eigenvalue weighted by molar-refractivity contribution is -0.363. The maximum Gasteiger partial charge on any atom is 0.737 e. The molecule has 0 atom stereocenters. The zero-order valence-electron chi connectivity index (χ0n) is 17.7. The molecule has 0 spiro atoms. The molecule has 2 aromatic heterocycles. The third kappa shape index (κ3) is 2.16. The molecular formula is C21H27BF2N4. The lowest BCUT2D eigenvalue weighted by atomic mass is 9.85. The summed E-state index contributed by atoms with van der Waals surface area (Å²) in [6, 6.07) is 1.92. The minimum atomic E-state index is -3.97. The van der Waals surface area contributed by atoms with E-state index in [2.05, 4.69) is 5.10 Å². The maximum atomic E-state index is 16.0. The second-order valence-corrected chi connectivity index (χ2v) is 7.86. The summed E-state index contributed by atoms with van der Waals surface area (Å²) in [6.07, 6.45) is 3.32. The Labute approximate surface area is 164 Å². The van der Waals surface area contributed by atoms with Crippen molar-refractivity contribution in [2.45, 2.75) is 54.4 Å². The lowest BCUT2D eigenvalue weighted by Gasteiger charge is -2.33. The van der Waals surface area contributed by atoms with Crippen LogP contribution in [0, 0.1) is 13.8 Å². The second kappa shape index (κ2) is 6.03. The van der Waals surface area contributed by atoms with Crippen LogP contribution in [0.15, 0.2) is 29.1 Å². The van der Waals surface area contributed by atoms with Crippen LogP contribution in [0.4, 0.5) is 8.63 Å². The van der Waals surface area contributed by atoms with Gasteiger partial charge in [0.05, 0.1) is 5.57 Å². The summed E-state index contributed by atoms with van der Waals surface area (Å²) < 4.78 is 36.3. The van der Waals surface area contributed by atoms with Crippen LogP contribution in [-0.4, -0.2) is 31.4 Å². The topological polar surface area (TPSA) is 25.8 Å². The Balaban J connectivity index is 2.23. The first-order valence-electron chi connectivity index (χ1n) is 9.97. The number of halogens is 2. The summed E-state index contributed by atoms with van der Waals surface area (Å²) in [5.41, 5.74) is 7.98. The van der Waals surface area contributed by atoms with Gasteiger partial charge in [0.25, 0.3) is 0 Å². The van der Waals surface area contributed by atoms with Crippen molar-refractivity contribution in [2.75, 3.05) is 0 Å². The van der Waals surface area contributed by atoms with Crippen LogP contribution in [0.25, 0.3) is 5.57 Å². The van der Waals surface area contributed by atoms with Crippen molar-refractivity contribution in [2.24, 2.45) is 7.05 Å². The quantitative estimate of drug-likeness (QED) is 0.710. The number of allylic oxidation sites excluding steroid dienone is 2. The number of fused-ring (bicyclic) bond motifs is 2. The van der Waals surface area contributed by atoms with Crippen LogP contribution < -0.4 is 0 Å². The molecule has 0 amide bonds. The molecule has 2 aliphatic heterocycles. The Morgan fingerprint density at radius 1 is 1.11 bits per heavy atom. The van der Waals surface area contributed by atoms with E-state index >= 15 is 8.63 Å². The van der Waals surface area contributed by atoms with Gasteiger partial charge in [-0.2, -0.15) is 5.10 Å². The van der Waals surface area contributed by atoms with Crippen molar-refractivity contribution in [3.8, 4) is 0 Å². The average molecular weight is 384 g/mol. The molecule has 2 aromatic rings. The highest BCUT2D eigenvalue weighted by Crippen LogP contribution is 2.46. The molecular weight excluding hydrogens is 357 g/mol. The lowest BCUT2D eigenvalue weighted by Crippen LogP contribution is -2.51. The average Bonchev–Trinajstić information content (AvgIpc) is 3.24. The SMILES string of the molecule is CCC1=C(C)C2=C(c3ccn(C)n3)c3c(C)c(CC)c(C)n3[B-](F)(F)[N+]2=C1C. The van der Waals surface area contributed by atoms with Crippen molar-refractivity contribution < 1.29 is 13.1 Å². The summed E-state index contributed by atoms with van der Waals surface area (Å²) >= 11 is 0. The zero-order chi connectivity index (χ0) is 20.5. The van der Waals surface area contributed by atoms with E-state index in [4.69, 9.17) is 0 Å². The molecule has 0 saturated carbocycles. The van der Waals surface area contributed by atoms with Crippen molar-refractivity contribution >= 4 is 18.3 Å². The summed E-state index contributed by atoms with van der Waals surface area (Å²) in [4.78, 5) is 0. The smallest absolute Gasteiger partial charge is 0.393 e. The second-order valence-electron chi connectivity index (χ2n) is 7.86.